The summed E-state index contributed by atoms with van der Waals surface area (Å²) >= 11 is 0. The van der Waals surface area contributed by atoms with Crippen LogP contribution in [0.15, 0.2) is 30.6 Å². The minimum atomic E-state index is -2.67. The van der Waals surface area contributed by atoms with Crippen molar-refractivity contribution in [2.75, 3.05) is 20.2 Å². The first-order chi connectivity index (χ1) is 13.5. The maximum atomic E-state index is 14.3. The van der Waals surface area contributed by atoms with Gasteiger partial charge in [0, 0.05) is 30.6 Å². The van der Waals surface area contributed by atoms with E-state index < -0.39 is 6.43 Å². The molecule has 1 aromatic carbocycles. The van der Waals surface area contributed by atoms with Gasteiger partial charge in [-0.2, -0.15) is 14.6 Å². The van der Waals surface area contributed by atoms with Gasteiger partial charge in [-0.15, -0.1) is 0 Å². The molecular formula is C19H20F3N5O. The molecule has 0 N–H and O–H groups in total. The Bertz CT molecular complexity index is 977. The fraction of sp³-hybridized carbons (Fsp3) is 0.421. The summed E-state index contributed by atoms with van der Waals surface area (Å²) in [5.41, 5.74) is 0.946. The quantitative estimate of drug-likeness (QED) is 0.665. The zero-order valence-corrected chi connectivity index (χ0v) is 15.4. The third-order valence-corrected chi connectivity index (χ3v) is 5.10. The van der Waals surface area contributed by atoms with E-state index >= 15 is 0 Å². The van der Waals surface area contributed by atoms with Crippen LogP contribution in [-0.4, -0.2) is 44.7 Å². The second-order valence-corrected chi connectivity index (χ2v) is 6.91. The monoisotopic (exact) mass is 391 g/mol. The fourth-order valence-corrected chi connectivity index (χ4v) is 3.68. The van der Waals surface area contributed by atoms with E-state index in [1.807, 2.05) is 0 Å². The summed E-state index contributed by atoms with van der Waals surface area (Å²) in [5, 5.41) is 3.82. The molecule has 1 saturated heterocycles. The molecule has 3 aromatic rings. The van der Waals surface area contributed by atoms with E-state index in [-0.39, 0.29) is 23.2 Å². The maximum Gasteiger partial charge on any atom is 0.280 e. The van der Waals surface area contributed by atoms with Gasteiger partial charge in [-0.25, -0.2) is 18.2 Å². The molecule has 1 aliphatic rings. The lowest BCUT2D eigenvalue weighted by Gasteiger charge is -2.32. The largest absolute Gasteiger partial charge is 0.497 e. The number of methoxy groups -OCH3 is 1. The molecule has 1 unspecified atom stereocenters. The Labute approximate surface area is 160 Å². The van der Waals surface area contributed by atoms with Crippen LogP contribution < -0.4 is 4.74 Å². The van der Waals surface area contributed by atoms with Crippen molar-refractivity contribution in [3.05, 3.63) is 53.4 Å². The van der Waals surface area contributed by atoms with Crippen molar-refractivity contribution in [3.63, 3.8) is 0 Å². The Morgan fingerprint density at radius 2 is 2.14 bits per heavy atom. The van der Waals surface area contributed by atoms with Crippen LogP contribution in [0.4, 0.5) is 13.2 Å². The average molecular weight is 391 g/mol. The topological polar surface area (TPSA) is 55.6 Å². The summed E-state index contributed by atoms with van der Waals surface area (Å²) in [6, 6.07) is 6.23. The summed E-state index contributed by atoms with van der Waals surface area (Å²) in [6.45, 7) is 1.88. The average Bonchev–Trinajstić information content (AvgIpc) is 3.17. The van der Waals surface area contributed by atoms with Crippen LogP contribution >= 0.6 is 0 Å². The van der Waals surface area contributed by atoms with Gasteiger partial charge in [0.05, 0.1) is 12.8 Å². The molecule has 0 radical (unpaired) electrons. The first-order valence-corrected chi connectivity index (χ1v) is 9.08. The SMILES string of the molecule is COc1ccc(CN2CCCC(c3cc(C(F)F)n4ncnc4n3)C2)c(F)c1. The summed E-state index contributed by atoms with van der Waals surface area (Å²) in [5.74, 6) is 0.313. The number of fused-ring (bicyclic) bond motifs is 1. The van der Waals surface area contributed by atoms with Gasteiger partial charge in [-0.3, -0.25) is 4.90 Å². The van der Waals surface area contributed by atoms with Crippen molar-refractivity contribution < 1.29 is 17.9 Å². The van der Waals surface area contributed by atoms with Gasteiger partial charge in [0.25, 0.3) is 12.2 Å². The van der Waals surface area contributed by atoms with Crippen LogP contribution in [0.5, 0.6) is 5.75 Å². The van der Waals surface area contributed by atoms with Gasteiger partial charge < -0.3 is 4.74 Å². The van der Waals surface area contributed by atoms with E-state index in [2.05, 4.69) is 20.0 Å². The smallest absolute Gasteiger partial charge is 0.280 e. The molecule has 148 valence electrons. The Morgan fingerprint density at radius 3 is 2.89 bits per heavy atom. The van der Waals surface area contributed by atoms with Crippen LogP contribution in [-0.2, 0) is 6.54 Å². The predicted molar refractivity (Wildman–Crippen MR) is 95.9 cm³/mol. The number of likely N-dealkylation sites (tertiary alicyclic amines) is 1. The highest BCUT2D eigenvalue weighted by atomic mass is 19.3. The highest BCUT2D eigenvalue weighted by Crippen LogP contribution is 2.30. The lowest BCUT2D eigenvalue weighted by atomic mass is 9.93. The number of aromatic nitrogens is 4. The minimum Gasteiger partial charge on any atom is -0.497 e. The molecule has 2 aromatic heterocycles. The number of rotatable bonds is 5. The molecule has 0 amide bonds. The Hall–Kier alpha value is -2.68. The molecule has 9 heteroatoms. The van der Waals surface area contributed by atoms with Gasteiger partial charge in [0.1, 0.15) is 23.6 Å². The summed E-state index contributed by atoms with van der Waals surface area (Å²) in [4.78, 5) is 10.5. The maximum absolute atomic E-state index is 14.3. The van der Waals surface area contributed by atoms with Gasteiger partial charge in [0.15, 0.2) is 0 Å². The standard InChI is InChI=1S/C19H20F3N5O/c1-28-14-5-4-12(15(20)7-14)9-26-6-2-3-13(10-26)16-8-17(18(21)22)27-19(25-16)23-11-24-27/h4-5,7-8,11,13,18H,2-3,6,9-10H2,1H3. The molecule has 4 rings (SSSR count). The first kappa shape index (κ1) is 18.7. The van der Waals surface area contributed by atoms with Gasteiger partial charge in [0.2, 0.25) is 0 Å². The normalized spacial score (nSPS) is 18.1. The van der Waals surface area contributed by atoms with Gasteiger partial charge in [-0.05, 0) is 31.5 Å². The third kappa shape index (κ3) is 3.66. The predicted octanol–water partition coefficient (Wildman–Crippen LogP) is 3.59. The number of halogens is 3. The van der Waals surface area contributed by atoms with Gasteiger partial charge >= 0.3 is 0 Å². The molecular weight excluding hydrogens is 371 g/mol. The van der Waals surface area contributed by atoms with E-state index in [9.17, 15) is 13.2 Å². The molecule has 0 saturated carbocycles. The molecule has 1 atom stereocenters. The molecule has 1 aliphatic heterocycles. The van der Waals surface area contributed by atoms with Crippen molar-refractivity contribution in [3.8, 4) is 5.75 Å². The second kappa shape index (κ2) is 7.75. The van der Waals surface area contributed by atoms with Crippen molar-refractivity contribution in [2.24, 2.45) is 0 Å². The summed E-state index contributed by atoms with van der Waals surface area (Å²) in [7, 11) is 1.50. The van der Waals surface area contributed by atoms with Crippen LogP contribution in [0.2, 0.25) is 0 Å². The fourth-order valence-electron chi connectivity index (χ4n) is 3.68. The zero-order chi connectivity index (χ0) is 19.7. The number of piperidine rings is 1. The van der Waals surface area contributed by atoms with Crippen LogP contribution in [0.3, 0.4) is 0 Å². The van der Waals surface area contributed by atoms with E-state index in [1.54, 1.807) is 12.1 Å². The number of hydrogen-bond donors (Lipinski definition) is 0. The Balaban J connectivity index is 1.55. The molecule has 6 nitrogen and oxygen atoms in total. The molecule has 28 heavy (non-hydrogen) atoms. The van der Waals surface area contributed by atoms with Crippen molar-refractivity contribution >= 4 is 5.78 Å². The van der Waals surface area contributed by atoms with Gasteiger partial charge in [-0.1, -0.05) is 6.07 Å². The third-order valence-electron chi connectivity index (χ3n) is 5.10. The lowest BCUT2D eigenvalue weighted by Crippen LogP contribution is -2.34. The number of ether oxygens (including phenoxy) is 1. The van der Waals surface area contributed by atoms with Crippen molar-refractivity contribution in [2.45, 2.75) is 31.7 Å². The van der Waals surface area contributed by atoms with Crippen molar-refractivity contribution in [1.82, 2.24) is 24.5 Å². The van der Waals surface area contributed by atoms with E-state index in [1.165, 1.54) is 25.6 Å². The van der Waals surface area contributed by atoms with Crippen LogP contribution in [0, 0.1) is 5.82 Å². The second-order valence-electron chi connectivity index (χ2n) is 6.91. The first-order valence-electron chi connectivity index (χ1n) is 9.08. The van der Waals surface area contributed by atoms with Crippen molar-refractivity contribution in [1.29, 1.82) is 0 Å². The highest BCUT2D eigenvalue weighted by molar-refractivity contribution is 5.33. The highest BCUT2D eigenvalue weighted by Gasteiger charge is 2.26. The summed E-state index contributed by atoms with van der Waals surface area (Å²) in [6.07, 6.45) is 0.268. The molecule has 0 bridgehead atoms. The summed E-state index contributed by atoms with van der Waals surface area (Å²) < 4.78 is 47.2. The number of hydrogen-bond acceptors (Lipinski definition) is 5. The number of nitrogens with zero attached hydrogens (tertiary/aromatic N) is 5. The Morgan fingerprint density at radius 1 is 1.29 bits per heavy atom. The van der Waals surface area contributed by atoms with E-state index in [0.717, 1.165) is 23.9 Å². The van der Waals surface area contributed by atoms with E-state index in [0.29, 0.717) is 30.1 Å². The molecule has 3 heterocycles. The van der Waals surface area contributed by atoms with Crippen LogP contribution in [0.1, 0.15) is 42.1 Å². The zero-order valence-electron chi connectivity index (χ0n) is 15.4. The molecule has 0 spiro atoms. The van der Waals surface area contributed by atoms with Crippen LogP contribution in [0.25, 0.3) is 5.78 Å². The molecule has 0 aliphatic carbocycles. The minimum absolute atomic E-state index is 0.0192. The number of benzene rings is 1. The van der Waals surface area contributed by atoms with E-state index in [4.69, 9.17) is 4.74 Å². The number of alkyl halides is 2. The Kier molecular flexibility index (Phi) is 5.17. The molecule has 1 fully saturated rings. The lowest BCUT2D eigenvalue weighted by molar-refractivity contribution is 0.142.